The summed E-state index contributed by atoms with van der Waals surface area (Å²) < 4.78 is 44.6. The lowest BCUT2D eigenvalue weighted by Gasteiger charge is -2.15. The van der Waals surface area contributed by atoms with Gasteiger partial charge in [-0.1, -0.05) is 6.92 Å². The molecule has 23 heavy (non-hydrogen) atoms. The Morgan fingerprint density at radius 1 is 1.43 bits per heavy atom. The van der Waals surface area contributed by atoms with Gasteiger partial charge in [0.15, 0.2) is 12.1 Å². The minimum Gasteiger partial charge on any atom is -0.448 e. The minimum absolute atomic E-state index is 0.0424. The van der Waals surface area contributed by atoms with E-state index in [0.29, 0.717) is 11.5 Å². The Labute approximate surface area is 130 Å². The van der Waals surface area contributed by atoms with E-state index < -0.39 is 17.8 Å². The van der Waals surface area contributed by atoms with Crippen molar-refractivity contribution in [2.45, 2.75) is 33.5 Å². The number of aromatic nitrogens is 3. The fourth-order valence-electron chi connectivity index (χ4n) is 2.15. The van der Waals surface area contributed by atoms with Gasteiger partial charge in [0, 0.05) is 13.1 Å². The van der Waals surface area contributed by atoms with Gasteiger partial charge in [-0.25, -0.2) is 4.98 Å². The highest BCUT2D eigenvalue weighted by atomic mass is 19.4. The molecule has 2 aromatic heterocycles. The first-order chi connectivity index (χ1) is 10.7. The molecule has 0 bridgehead atoms. The third-order valence-electron chi connectivity index (χ3n) is 3.25. The summed E-state index contributed by atoms with van der Waals surface area (Å²) >= 11 is 0. The van der Waals surface area contributed by atoms with Crippen LogP contribution in [-0.2, 0) is 12.7 Å². The maximum absolute atomic E-state index is 12.9. The number of carbonyl (C=O) groups is 1. The van der Waals surface area contributed by atoms with E-state index >= 15 is 0 Å². The molecule has 2 aromatic rings. The SMILES string of the molecule is Cc1cc(C(F)(F)F)n(C[C@H](C)CNC(=O)c2ncoc2C)n1. The Bertz CT molecular complexity index is 690. The van der Waals surface area contributed by atoms with E-state index in [0.717, 1.165) is 17.1 Å². The molecule has 0 aliphatic carbocycles. The van der Waals surface area contributed by atoms with Gasteiger partial charge in [0.2, 0.25) is 0 Å². The molecule has 0 aliphatic heterocycles. The van der Waals surface area contributed by atoms with Gasteiger partial charge in [0.05, 0.1) is 5.69 Å². The van der Waals surface area contributed by atoms with Crippen molar-refractivity contribution in [2.75, 3.05) is 6.54 Å². The van der Waals surface area contributed by atoms with Gasteiger partial charge in [-0.2, -0.15) is 18.3 Å². The molecule has 9 heteroatoms. The molecule has 1 atom stereocenters. The average Bonchev–Trinajstić information content (AvgIpc) is 3.01. The van der Waals surface area contributed by atoms with Crippen LogP contribution >= 0.6 is 0 Å². The molecular formula is C14H17F3N4O2. The topological polar surface area (TPSA) is 73.0 Å². The second-order valence-electron chi connectivity index (χ2n) is 5.42. The molecule has 126 valence electrons. The van der Waals surface area contributed by atoms with Crippen molar-refractivity contribution in [1.29, 1.82) is 0 Å². The minimum atomic E-state index is -4.46. The molecule has 0 unspecified atom stereocenters. The molecule has 1 N–H and O–H groups in total. The molecule has 0 aromatic carbocycles. The molecule has 0 fully saturated rings. The van der Waals surface area contributed by atoms with Crippen LogP contribution in [0.5, 0.6) is 0 Å². The molecule has 2 rings (SSSR count). The summed E-state index contributed by atoms with van der Waals surface area (Å²) in [5.41, 5.74) is -0.324. The van der Waals surface area contributed by atoms with Crippen molar-refractivity contribution < 1.29 is 22.4 Å². The van der Waals surface area contributed by atoms with E-state index in [1.807, 2.05) is 0 Å². The number of nitrogens with zero attached hydrogens (tertiary/aromatic N) is 3. The number of alkyl halides is 3. The van der Waals surface area contributed by atoms with E-state index in [-0.39, 0.29) is 24.7 Å². The van der Waals surface area contributed by atoms with Crippen LogP contribution in [0, 0.1) is 19.8 Å². The molecule has 0 spiro atoms. The molecule has 2 heterocycles. The van der Waals surface area contributed by atoms with Crippen LogP contribution in [-0.4, -0.2) is 27.2 Å². The summed E-state index contributed by atoms with van der Waals surface area (Å²) in [4.78, 5) is 15.7. The van der Waals surface area contributed by atoms with E-state index in [1.165, 1.54) is 6.92 Å². The van der Waals surface area contributed by atoms with Crippen LogP contribution in [0.3, 0.4) is 0 Å². The highest BCUT2D eigenvalue weighted by Crippen LogP contribution is 2.30. The van der Waals surface area contributed by atoms with Gasteiger partial charge in [0.25, 0.3) is 5.91 Å². The fourth-order valence-corrected chi connectivity index (χ4v) is 2.15. The fraction of sp³-hybridized carbons (Fsp3) is 0.500. The first-order valence-electron chi connectivity index (χ1n) is 6.98. The molecular weight excluding hydrogens is 313 g/mol. The summed E-state index contributed by atoms with van der Waals surface area (Å²) in [7, 11) is 0. The summed E-state index contributed by atoms with van der Waals surface area (Å²) in [6.07, 6.45) is -3.29. The average molecular weight is 330 g/mol. The predicted octanol–water partition coefficient (Wildman–Crippen LogP) is 2.57. The van der Waals surface area contributed by atoms with Crippen LogP contribution in [0.25, 0.3) is 0 Å². The highest BCUT2D eigenvalue weighted by Gasteiger charge is 2.35. The number of hydrogen-bond donors (Lipinski definition) is 1. The zero-order chi connectivity index (χ0) is 17.2. The molecule has 0 saturated heterocycles. The first-order valence-corrected chi connectivity index (χ1v) is 6.98. The van der Waals surface area contributed by atoms with Crippen LogP contribution in [0.15, 0.2) is 16.9 Å². The second-order valence-corrected chi connectivity index (χ2v) is 5.42. The highest BCUT2D eigenvalue weighted by molar-refractivity contribution is 5.92. The lowest BCUT2D eigenvalue weighted by atomic mass is 10.1. The predicted molar refractivity (Wildman–Crippen MR) is 74.7 cm³/mol. The Morgan fingerprint density at radius 3 is 2.70 bits per heavy atom. The maximum atomic E-state index is 12.9. The standard InChI is InChI=1S/C14H17F3N4O2/c1-8(5-18-13(22)12-10(3)23-7-19-12)6-21-11(14(15,16)17)4-9(2)20-21/h4,7-8H,5-6H2,1-3H3,(H,18,22)/t8-/m1/s1. The van der Waals surface area contributed by atoms with E-state index in [2.05, 4.69) is 15.4 Å². The number of nitrogens with one attached hydrogen (secondary N) is 1. The van der Waals surface area contributed by atoms with Crippen LogP contribution in [0.1, 0.15) is 34.6 Å². The Kier molecular flexibility index (Phi) is 4.76. The van der Waals surface area contributed by atoms with Gasteiger partial charge >= 0.3 is 6.18 Å². The molecule has 6 nitrogen and oxygen atoms in total. The smallest absolute Gasteiger partial charge is 0.433 e. The summed E-state index contributed by atoms with van der Waals surface area (Å²) in [6, 6.07) is 1.00. The molecule has 1 amide bonds. The zero-order valence-corrected chi connectivity index (χ0v) is 12.9. The van der Waals surface area contributed by atoms with E-state index in [4.69, 9.17) is 4.42 Å². The zero-order valence-electron chi connectivity index (χ0n) is 12.9. The number of oxazole rings is 1. The van der Waals surface area contributed by atoms with Crippen molar-refractivity contribution in [3.05, 3.63) is 35.3 Å². The van der Waals surface area contributed by atoms with Crippen molar-refractivity contribution >= 4 is 5.91 Å². The Hall–Kier alpha value is -2.32. The first kappa shape index (κ1) is 17.0. The van der Waals surface area contributed by atoms with Crippen LogP contribution < -0.4 is 5.32 Å². The normalized spacial score (nSPS) is 13.1. The summed E-state index contributed by atoms with van der Waals surface area (Å²) in [5, 5.41) is 6.49. The number of carbonyl (C=O) groups excluding carboxylic acids is 1. The van der Waals surface area contributed by atoms with Crippen LogP contribution in [0.2, 0.25) is 0 Å². The van der Waals surface area contributed by atoms with E-state index in [1.54, 1.807) is 13.8 Å². The largest absolute Gasteiger partial charge is 0.448 e. The Morgan fingerprint density at radius 2 is 2.13 bits per heavy atom. The van der Waals surface area contributed by atoms with Crippen molar-refractivity contribution in [2.24, 2.45) is 5.92 Å². The van der Waals surface area contributed by atoms with Crippen molar-refractivity contribution in [3.63, 3.8) is 0 Å². The third kappa shape index (κ3) is 4.11. The summed E-state index contributed by atoms with van der Waals surface area (Å²) in [5.74, 6) is -0.278. The van der Waals surface area contributed by atoms with Gasteiger partial charge in [0.1, 0.15) is 11.5 Å². The van der Waals surface area contributed by atoms with Gasteiger partial charge < -0.3 is 9.73 Å². The lowest BCUT2D eigenvalue weighted by molar-refractivity contribution is -0.144. The molecule has 0 saturated carbocycles. The number of rotatable bonds is 5. The van der Waals surface area contributed by atoms with Crippen molar-refractivity contribution in [1.82, 2.24) is 20.1 Å². The maximum Gasteiger partial charge on any atom is 0.433 e. The quantitative estimate of drug-likeness (QED) is 0.914. The number of halogens is 3. The number of hydrogen-bond acceptors (Lipinski definition) is 4. The number of amides is 1. The lowest BCUT2D eigenvalue weighted by Crippen LogP contribution is -2.31. The van der Waals surface area contributed by atoms with Gasteiger partial charge in [-0.15, -0.1) is 0 Å². The van der Waals surface area contributed by atoms with Gasteiger partial charge in [-0.3, -0.25) is 9.48 Å². The summed E-state index contributed by atoms with van der Waals surface area (Å²) in [6.45, 7) is 5.08. The number of aryl methyl sites for hydroxylation is 2. The van der Waals surface area contributed by atoms with Crippen LogP contribution in [0.4, 0.5) is 13.2 Å². The van der Waals surface area contributed by atoms with E-state index in [9.17, 15) is 18.0 Å². The monoisotopic (exact) mass is 330 g/mol. The van der Waals surface area contributed by atoms with Crippen molar-refractivity contribution in [3.8, 4) is 0 Å². The molecule has 0 radical (unpaired) electrons. The Balaban J connectivity index is 1.97. The second kappa shape index (κ2) is 6.43. The third-order valence-corrected chi connectivity index (χ3v) is 3.25. The van der Waals surface area contributed by atoms with Gasteiger partial charge in [-0.05, 0) is 25.8 Å². The molecule has 0 aliphatic rings.